The molecule has 0 saturated carbocycles. The van der Waals surface area contributed by atoms with E-state index in [-0.39, 0.29) is 18.4 Å². The summed E-state index contributed by atoms with van der Waals surface area (Å²) in [4.78, 5) is 23.6. The standard InChI is InChI=1S/C22H34BrN3O3/c1-3-4-5-6-7-8-9-10-11-12-21(27)24-17-22(28)26-25-16-18-15-19(23)13-14-20(18)29-2/h13-16H,3-12,17H2,1-2H3,(H,24,27)(H,26,28). The van der Waals surface area contributed by atoms with Crippen LogP contribution in [-0.2, 0) is 9.59 Å². The van der Waals surface area contributed by atoms with E-state index in [0.29, 0.717) is 12.2 Å². The maximum Gasteiger partial charge on any atom is 0.259 e. The van der Waals surface area contributed by atoms with Crippen LogP contribution in [0.4, 0.5) is 0 Å². The number of hydrazone groups is 1. The average Bonchev–Trinajstić information content (AvgIpc) is 2.71. The second kappa shape index (κ2) is 16.0. The molecule has 0 atom stereocenters. The summed E-state index contributed by atoms with van der Waals surface area (Å²) in [6.07, 6.45) is 12.9. The van der Waals surface area contributed by atoms with Gasteiger partial charge in [-0.25, -0.2) is 5.43 Å². The summed E-state index contributed by atoms with van der Waals surface area (Å²) in [6, 6.07) is 5.50. The molecule has 0 saturated heterocycles. The highest BCUT2D eigenvalue weighted by Gasteiger charge is 2.05. The molecule has 1 rings (SSSR count). The molecule has 0 aliphatic rings. The van der Waals surface area contributed by atoms with Crippen LogP contribution >= 0.6 is 15.9 Å². The summed E-state index contributed by atoms with van der Waals surface area (Å²) >= 11 is 3.38. The van der Waals surface area contributed by atoms with Crippen molar-refractivity contribution in [2.45, 2.75) is 71.1 Å². The van der Waals surface area contributed by atoms with Crippen molar-refractivity contribution in [3.8, 4) is 5.75 Å². The molecule has 0 bridgehead atoms. The smallest absolute Gasteiger partial charge is 0.259 e. The van der Waals surface area contributed by atoms with E-state index in [1.54, 1.807) is 13.2 Å². The lowest BCUT2D eigenvalue weighted by molar-refractivity contribution is -0.126. The third-order valence-electron chi connectivity index (χ3n) is 4.54. The molecule has 2 N–H and O–H groups in total. The van der Waals surface area contributed by atoms with Crippen molar-refractivity contribution in [1.29, 1.82) is 0 Å². The number of halogens is 1. The number of nitrogens with one attached hydrogen (secondary N) is 2. The summed E-state index contributed by atoms with van der Waals surface area (Å²) in [6.45, 7) is 2.15. The number of rotatable bonds is 15. The Morgan fingerprint density at radius 1 is 1.03 bits per heavy atom. The lowest BCUT2D eigenvalue weighted by Gasteiger charge is -2.06. The summed E-state index contributed by atoms with van der Waals surface area (Å²) < 4.78 is 6.12. The van der Waals surface area contributed by atoms with E-state index in [0.717, 1.165) is 22.9 Å². The predicted molar refractivity (Wildman–Crippen MR) is 121 cm³/mol. The summed E-state index contributed by atoms with van der Waals surface area (Å²) in [7, 11) is 1.57. The summed E-state index contributed by atoms with van der Waals surface area (Å²) in [5.41, 5.74) is 3.14. The lowest BCUT2D eigenvalue weighted by Crippen LogP contribution is -2.34. The minimum atomic E-state index is -0.365. The van der Waals surface area contributed by atoms with E-state index in [4.69, 9.17) is 4.74 Å². The van der Waals surface area contributed by atoms with Gasteiger partial charge in [0.15, 0.2) is 0 Å². The molecule has 29 heavy (non-hydrogen) atoms. The number of nitrogens with zero attached hydrogens (tertiary/aromatic N) is 1. The quantitative estimate of drug-likeness (QED) is 0.217. The molecule has 0 aromatic heterocycles. The molecule has 6 nitrogen and oxygen atoms in total. The zero-order chi connectivity index (χ0) is 21.3. The molecule has 1 aromatic carbocycles. The van der Waals surface area contributed by atoms with E-state index < -0.39 is 0 Å². The lowest BCUT2D eigenvalue weighted by atomic mass is 10.1. The van der Waals surface area contributed by atoms with E-state index in [9.17, 15) is 9.59 Å². The molecule has 0 radical (unpaired) electrons. The van der Waals surface area contributed by atoms with Crippen LogP contribution in [0.1, 0.15) is 76.7 Å². The van der Waals surface area contributed by atoms with Gasteiger partial charge in [-0.15, -0.1) is 0 Å². The molecule has 0 spiro atoms. The topological polar surface area (TPSA) is 79.8 Å². The van der Waals surface area contributed by atoms with Gasteiger partial charge < -0.3 is 10.1 Å². The van der Waals surface area contributed by atoms with Gasteiger partial charge in [0, 0.05) is 16.5 Å². The molecule has 1 aromatic rings. The largest absolute Gasteiger partial charge is 0.496 e. The molecule has 0 aliphatic heterocycles. The maximum atomic E-state index is 11.8. The molecule has 162 valence electrons. The van der Waals surface area contributed by atoms with Crippen molar-refractivity contribution in [1.82, 2.24) is 10.7 Å². The number of hydrogen-bond donors (Lipinski definition) is 2. The fraction of sp³-hybridized carbons (Fsp3) is 0.591. The molecular weight excluding hydrogens is 434 g/mol. The number of benzene rings is 1. The number of carbonyl (C=O) groups excluding carboxylic acids is 2. The molecule has 2 amide bonds. The number of methoxy groups -OCH3 is 1. The Morgan fingerprint density at radius 2 is 1.69 bits per heavy atom. The second-order valence-corrected chi connectivity index (χ2v) is 7.95. The van der Waals surface area contributed by atoms with Gasteiger partial charge in [0.2, 0.25) is 5.91 Å². The van der Waals surface area contributed by atoms with E-state index in [1.165, 1.54) is 51.2 Å². The Balaban J connectivity index is 2.12. The van der Waals surface area contributed by atoms with E-state index in [1.807, 2.05) is 12.1 Å². The zero-order valence-electron chi connectivity index (χ0n) is 17.6. The first-order chi connectivity index (χ1) is 14.1. The minimum absolute atomic E-state index is 0.0801. The van der Waals surface area contributed by atoms with Crippen molar-refractivity contribution in [2.75, 3.05) is 13.7 Å². The number of carbonyl (C=O) groups is 2. The van der Waals surface area contributed by atoms with Crippen LogP contribution in [0.15, 0.2) is 27.8 Å². The first kappa shape index (κ1) is 25.1. The number of hydrogen-bond acceptors (Lipinski definition) is 4. The highest BCUT2D eigenvalue weighted by Crippen LogP contribution is 2.21. The first-order valence-corrected chi connectivity index (χ1v) is 11.3. The Morgan fingerprint density at radius 3 is 2.34 bits per heavy atom. The Hall–Kier alpha value is -1.89. The SMILES string of the molecule is CCCCCCCCCCCC(=O)NCC(=O)NN=Cc1cc(Br)ccc1OC. The van der Waals surface area contributed by atoms with Gasteiger partial charge in [0.05, 0.1) is 19.9 Å². The van der Waals surface area contributed by atoms with Crippen LogP contribution < -0.4 is 15.5 Å². The van der Waals surface area contributed by atoms with Gasteiger partial charge in [0.25, 0.3) is 5.91 Å². The van der Waals surface area contributed by atoms with E-state index in [2.05, 4.69) is 38.7 Å². The summed E-state index contributed by atoms with van der Waals surface area (Å²) in [5.74, 6) is 0.192. The van der Waals surface area contributed by atoms with Crippen LogP contribution in [0.25, 0.3) is 0 Å². The zero-order valence-corrected chi connectivity index (χ0v) is 19.2. The molecule has 0 fully saturated rings. The summed E-state index contributed by atoms with van der Waals surface area (Å²) in [5, 5.41) is 6.55. The molecular formula is C22H34BrN3O3. The van der Waals surface area contributed by atoms with Crippen LogP contribution in [0, 0.1) is 0 Å². The van der Waals surface area contributed by atoms with Crippen LogP contribution in [0.2, 0.25) is 0 Å². The molecule has 0 heterocycles. The Kier molecular flexibility index (Phi) is 13.8. The molecule has 0 aliphatic carbocycles. The van der Waals surface area contributed by atoms with Crippen LogP contribution in [0.3, 0.4) is 0 Å². The fourth-order valence-corrected chi connectivity index (χ4v) is 3.26. The second-order valence-electron chi connectivity index (χ2n) is 7.03. The fourth-order valence-electron chi connectivity index (χ4n) is 2.88. The molecule has 0 unspecified atom stereocenters. The number of unbranched alkanes of at least 4 members (excludes halogenated alkanes) is 8. The van der Waals surface area contributed by atoms with Crippen molar-refractivity contribution in [3.63, 3.8) is 0 Å². The van der Waals surface area contributed by atoms with Gasteiger partial charge in [-0.2, -0.15) is 5.10 Å². The number of ether oxygens (including phenoxy) is 1. The van der Waals surface area contributed by atoms with Crippen molar-refractivity contribution in [3.05, 3.63) is 28.2 Å². The Labute approximate surface area is 183 Å². The van der Waals surface area contributed by atoms with Gasteiger partial charge >= 0.3 is 0 Å². The third kappa shape index (κ3) is 12.3. The van der Waals surface area contributed by atoms with E-state index >= 15 is 0 Å². The third-order valence-corrected chi connectivity index (χ3v) is 5.03. The maximum absolute atomic E-state index is 11.8. The van der Waals surface area contributed by atoms with Gasteiger partial charge in [-0.3, -0.25) is 9.59 Å². The van der Waals surface area contributed by atoms with Gasteiger partial charge in [-0.1, -0.05) is 74.2 Å². The van der Waals surface area contributed by atoms with Gasteiger partial charge in [-0.05, 0) is 24.6 Å². The first-order valence-electron chi connectivity index (χ1n) is 10.5. The minimum Gasteiger partial charge on any atom is -0.496 e. The van der Waals surface area contributed by atoms with Crippen molar-refractivity contribution >= 4 is 34.0 Å². The monoisotopic (exact) mass is 467 g/mol. The van der Waals surface area contributed by atoms with Crippen molar-refractivity contribution < 1.29 is 14.3 Å². The highest BCUT2D eigenvalue weighted by molar-refractivity contribution is 9.10. The van der Waals surface area contributed by atoms with Crippen LogP contribution in [0.5, 0.6) is 5.75 Å². The number of amides is 2. The highest BCUT2D eigenvalue weighted by atomic mass is 79.9. The predicted octanol–water partition coefficient (Wildman–Crippen LogP) is 4.94. The molecule has 7 heteroatoms. The Bertz CT molecular complexity index is 650. The van der Waals surface area contributed by atoms with Gasteiger partial charge in [0.1, 0.15) is 5.75 Å². The normalized spacial score (nSPS) is 10.9. The average molecular weight is 468 g/mol. The van der Waals surface area contributed by atoms with Crippen LogP contribution in [-0.4, -0.2) is 31.7 Å². The van der Waals surface area contributed by atoms with Crippen molar-refractivity contribution in [2.24, 2.45) is 5.10 Å².